The summed E-state index contributed by atoms with van der Waals surface area (Å²) < 4.78 is 1.38. The van der Waals surface area contributed by atoms with Crippen LogP contribution in [0.1, 0.15) is 35.7 Å². The van der Waals surface area contributed by atoms with Gasteiger partial charge in [0.25, 0.3) is 11.5 Å². The SMILES string of the molecule is Cc1ccc2ncc(C(=O)N3C[C@H](C(N)=O)CC[C@H]3C)c(=O)n2c1. The first-order valence-electron chi connectivity index (χ1n) is 7.97. The van der Waals surface area contributed by atoms with Crippen molar-refractivity contribution < 1.29 is 9.59 Å². The van der Waals surface area contributed by atoms with E-state index in [0.29, 0.717) is 18.5 Å². The lowest BCUT2D eigenvalue weighted by Gasteiger charge is -2.36. The summed E-state index contributed by atoms with van der Waals surface area (Å²) in [4.78, 5) is 42.7. The highest BCUT2D eigenvalue weighted by Crippen LogP contribution is 2.23. The quantitative estimate of drug-likeness (QED) is 0.878. The van der Waals surface area contributed by atoms with Crippen molar-refractivity contribution in [1.82, 2.24) is 14.3 Å². The molecular formula is C17H20N4O3. The molecule has 7 heteroatoms. The summed E-state index contributed by atoms with van der Waals surface area (Å²) in [6.45, 7) is 4.02. The first-order chi connectivity index (χ1) is 11.4. The van der Waals surface area contributed by atoms with Gasteiger partial charge < -0.3 is 10.6 Å². The number of carbonyl (C=O) groups is 2. The van der Waals surface area contributed by atoms with E-state index in [0.717, 1.165) is 5.56 Å². The summed E-state index contributed by atoms with van der Waals surface area (Å²) in [7, 11) is 0. The number of amides is 2. The van der Waals surface area contributed by atoms with Crippen molar-refractivity contribution in [3.05, 3.63) is 46.0 Å². The van der Waals surface area contributed by atoms with Gasteiger partial charge in [-0.25, -0.2) is 4.98 Å². The summed E-state index contributed by atoms with van der Waals surface area (Å²) >= 11 is 0. The largest absolute Gasteiger partial charge is 0.369 e. The van der Waals surface area contributed by atoms with Crippen LogP contribution in [0.4, 0.5) is 0 Å². The van der Waals surface area contributed by atoms with Gasteiger partial charge in [-0.1, -0.05) is 6.07 Å². The number of nitrogens with zero attached hydrogens (tertiary/aromatic N) is 3. The molecule has 2 aromatic rings. The molecule has 24 heavy (non-hydrogen) atoms. The Labute approximate surface area is 139 Å². The van der Waals surface area contributed by atoms with E-state index in [2.05, 4.69) is 4.98 Å². The lowest BCUT2D eigenvalue weighted by atomic mass is 9.92. The molecule has 7 nitrogen and oxygen atoms in total. The molecule has 0 saturated carbocycles. The second-order valence-corrected chi connectivity index (χ2v) is 6.39. The zero-order chi connectivity index (χ0) is 17.4. The number of likely N-dealkylation sites (tertiary alicyclic amines) is 1. The van der Waals surface area contributed by atoms with E-state index in [1.54, 1.807) is 17.2 Å². The van der Waals surface area contributed by atoms with Crippen LogP contribution in [0.2, 0.25) is 0 Å². The number of nitrogens with two attached hydrogens (primary N) is 1. The molecule has 0 radical (unpaired) electrons. The number of pyridine rings is 1. The van der Waals surface area contributed by atoms with Crippen LogP contribution >= 0.6 is 0 Å². The lowest BCUT2D eigenvalue weighted by molar-refractivity contribution is -0.123. The standard InChI is InChI=1S/C17H20N4O3/c1-10-3-6-14-19-7-13(17(24)21(14)8-10)16(23)20-9-12(15(18)22)5-4-11(20)2/h3,6-8,11-12H,4-5,9H2,1-2H3,(H2,18,22)/t11-,12-/m1/s1. The van der Waals surface area contributed by atoms with Crippen molar-refractivity contribution in [2.75, 3.05) is 6.54 Å². The normalized spacial score (nSPS) is 21.0. The molecule has 1 aliphatic rings. The van der Waals surface area contributed by atoms with Gasteiger partial charge in [0, 0.05) is 25.0 Å². The molecule has 2 aromatic heterocycles. The first-order valence-corrected chi connectivity index (χ1v) is 7.97. The minimum Gasteiger partial charge on any atom is -0.369 e. The fourth-order valence-corrected chi connectivity index (χ4v) is 3.11. The highest BCUT2D eigenvalue weighted by Gasteiger charge is 2.33. The van der Waals surface area contributed by atoms with Gasteiger partial charge in [0.15, 0.2) is 0 Å². The minimum absolute atomic E-state index is 0.00932. The number of aromatic nitrogens is 2. The second kappa shape index (κ2) is 6.07. The Balaban J connectivity index is 2.00. The van der Waals surface area contributed by atoms with Crippen LogP contribution < -0.4 is 11.3 Å². The average molecular weight is 328 g/mol. The fourth-order valence-electron chi connectivity index (χ4n) is 3.11. The van der Waals surface area contributed by atoms with E-state index in [1.165, 1.54) is 10.6 Å². The molecule has 2 N–H and O–H groups in total. The number of aryl methyl sites for hydroxylation is 1. The molecule has 0 bridgehead atoms. The van der Waals surface area contributed by atoms with Crippen LogP contribution in [-0.2, 0) is 4.79 Å². The fraction of sp³-hybridized carbons (Fsp3) is 0.412. The summed E-state index contributed by atoms with van der Waals surface area (Å²) in [6.07, 6.45) is 4.32. The maximum absolute atomic E-state index is 12.8. The highest BCUT2D eigenvalue weighted by atomic mass is 16.2. The van der Waals surface area contributed by atoms with Crippen LogP contribution in [0, 0.1) is 12.8 Å². The van der Waals surface area contributed by atoms with Crippen molar-refractivity contribution in [3.63, 3.8) is 0 Å². The van der Waals surface area contributed by atoms with Crippen LogP contribution in [0.25, 0.3) is 5.65 Å². The molecule has 1 aliphatic heterocycles. The minimum atomic E-state index is -0.413. The Hall–Kier alpha value is -2.70. The number of hydrogen-bond donors (Lipinski definition) is 1. The number of fused-ring (bicyclic) bond motifs is 1. The van der Waals surface area contributed by atoms with Crippen LogP contribution in [0.5, 0.6) is 0 Å². The van der Waals surface area contributed by atoms with Crippen molar-refractivity contribution in [2.45, 2.75) is 32.7 Å². The predicted octanol–water partition coefficient (Wildman–Crippen LogP) is 0.729. The topological polar surface area (TPSA) is 97.8 Å². The van der Waals surface area contributed by atoms with E-state index in [4.69, 9.17) is 5.73 Å². The van der Waals surface area contributed by atoms with E-state index in [-0.39, 0.29) is 24.1 Å². The third-order valence-electron chi connectivity index (χ3n) is 4.63. The molecule has 126 valence electrons. The van der Waals surface area contributed by atoms with Crippen molar-refractivity contribution in [1.29, 1.82) is 0 Å². The van der Waals surface area contributed by atoms with Gasteiger partial charge in [0.05, 0.1) is 5.92 Å². The van der Waals surface area contributed by atoms with Crippen molar-refractivity contribution in [3.8, 4) is 0 Å². The Bertz CT molecular complexity index is 874. The Morgan fingerprint density at radius 2 is 2.04 bits per heavy atom. The summed E-state index contributed by atoms with van der Waals surface area (Å²) in [5, 5.41) is 0. The lowest BCUT2D eigenvalue weighted by Crippen LogP contribution is -2.49. The van der Waals surface area contributed by atoms with Crippen molar-refractivity contribution >= 4 is 17.5 Å². The molecule has 3 rings (SSSR count). The first kappa shape index (κ1) is 16.2. The van der Waals surface area contributed by atoms with Gasteiger partial charge >= 0.3 is 0 Å². The summed E-state index contributed by atoms with van der Waals surface area (Å²) in [5.74, 6) is -1.19. The Kier molecular flexibility index (Phi) is 4.09. The Morgan fingerprint density at radius 3 is 2.75 bits per heavy atom. The van der Waals surface area contributed by atoms with Crippen LogP contribution in [0.15, 0.2) is 29.3 Å². The zero-order valence-corrected chi connectivity index (χ0v) is 13.7. The number of rotatable bonds is 2. The molecule has 2 atom stereocenters. The van der Waals surface area contributed by atoms with Gasteiger partial charge in [-0.15, -0.1) is 0 Å². The zero-order valence-electron chi connectivity index (χ0n) is 13.7. The maximum Gasteiger partial charge on any atom is 0.270 e. The second-order valence-electron chi connectivity index (χ2n) is 6.39. The van der Waals surface area contributed by atoms with E-state index in [1.807, 2.05) is 19.9 Å². The predicted molar refractivity (Wildman–Crippen MR) is 88.6 cm³/mol. The third-order valence-corrected chi connectivity index (χ3v) is 4.63. The molecule has 0 aromatic carbocycles. The molecular weight excluding hydrogens is 308 g/mol. The molecule has 1 saturated heterocycles. The van der Waals surface area contributed by atoms with E-state index < -0.39 is 17.4 Å². The van der Waals surface area contributed by atoms with Gasteiger partial charge in [-0.3, -0.25) is 18.8 Å². The van der Waals surface area contributed by atoms with E-state index >= 15 is 0 Å². The number of carbonyl (C=O) groups excluding carboxylic acids is 2. The highest BCUT2D eigenvalue weighted by molar-refractivity contribution is 5.94. The van der Waals surface area contributed by atoms with Gasteiger partial charge in [0.1, 0.15) is 11.2 Å². The molecule has 0 unspecified atom stereocenters. The number of piperidine rings is 1. The molecule has 2 amide bonds. The molecule has 3 heterocycles. The number of primary amides is 1. The molecule has 0 aliphatic carbocycles. The molecule has 1 fully saturated rings. The van der Waals surface area contributed by atoms with E-state index in [9.17, 15) is 14.4 Å². The van der Waals surface area contributed by atoms with Gasteiger partial charge in [0.2, 0.25) is 5.91 Å². The van der Waals surface area contributed by atoms with Crippen molar-refractivity contribution in [2.24, 2.45) is 11.7 Å². The van der Waals surface area contributed by atoms with Crippen LogP contribution in [-0.4, -0.2) is 38.7 Å². The average Bonchev–Trinajstić information content (AvgIpc) is 2.55. The third kappa shape index (κ3) is 2.77. The Morgan fingerprint density at radius 1 is 1.29 bits per heavy atom. The monoisotopic (exact) mass is 328 g/mol. The van der Waals surface area contributed by atoms with Crippen LogP contribution in [0.3, 0.4) is 0 Å². The molecule has 0 spiro atoms. The van der Waals surface area contributed by atoms with Gasteiger partial charge in [-0.05, 0) is 38.3 Å². The summed E-state index contributed by atoms with van der Waals surface area (Å²) in [6, 6.07) is 3.54. The number of hydrogen-bond acceptors (Lipinski definition) is 4. The smallest absolute Gasteiger partial charge is 0.270 e. The summed E-state index contributed by atoms with van der Waals surface area (Å²) in [5.41, 5.74) is 6.38. The maximum atomic E-state index is 12.8. The van der Waals surface area contributed by atoms with Gasteiger partial charge in [-0.2, -0.15) is 0 Å².